The fourth-order valence-corrected chi connectivity index (χ4v) is 5.69. The van der Waals surface area contributed by atoms with Gasteiger partial charge in [0, 0.05) is 0 Å². The van der Waals surface area contributed by atoms with Gasteiger partial charge in [-0.1, -0.05) is 85.8 Å². The monoisotopic (exact) mass is 409 g/mol. The third-order valence-corrected chi connectivity index (χ3v) is 7.12. The third kappa shape index (κ3) is 3.29. The van der Waals surface area contributed by atoms with E-state index in [4.69, 9.17) is 0 Å². The number of rotatable bonds is 4. The number of aryl methyl sites for hydroxylation is 1. The third-order valence-electron chi connectivity index (χ3n) is 7.12. The van der Waals surface area contributed by atoms with Gasteiger partial charge >= 0.3 is 0 Å². The van der Waals surface area contributed by atoms with E-state index in [1.54, 1.807) is 0 Å². The average molecular weight is 410 g/mol. The van der Waals surface area contributed by atoms with E-state index in [0.29, 0.717) is 0 Å². The zero-order valence-corrected chi connectivity index (χ0v) is 17.8. The minimum Gasteiger partial charge on any atom is -0.274 e. The molecule has 1 saturated heterocycles. The Labute approximate surface area is 183 Å². The maximum absolute atomic E-state index is 13.9. The van der Waals surface area contributed by atoms with E-state index in [0.717, 1.165) is 41.6 Å². The molecule has 2 aliphatic rings. The van der Waals surface area contributed by atoms with Gasteiger partial charge in [0.25, 0.3) is 0 Å². The SMILES string of the molecule is CCc1ccccc1N1C(=O)[C@@H]2[C@H](C1=O)[C@@H](c1ccccc1)CC[C@@H]2c1ccccc1. The van der Waals surface area contributed by atoms with Crippen LogP contribution in [0.4, 0.5) is 5.69 Å². The van der Waals surface area contributed by atoms with Crippen molar-refractivity contribution in [2.45, 2.75) is 38.0 Å². The van der Waals surface area contributed by atoms with Crippen LogP contribution in [0.2, 0.25) is 0 Å². The lowest BCUT2D eigenvalue weighted by Crippen LogP contribution is -2.34. The molecule has 5 rings (SSSR count). The molecule has 3 nitrogen and oxygen atoms in total. The number of fused-ring (bicyclic) bond motifs is 1. The van der Waals surface area contributed by atoms with Crippen molar-refractivity contribution < 1.29 is 9.59 Å². The highest BCUT2D eigenvalue weighted by molar-refractivity contribution is 6.23. The fourth-order valence-electron chi connectivity index (χ4n) is 5.69. The number of carbonyl (C=O) groups excluding carboxylic acids is 2. The van der Waals surface area contributed by atoms with Crippen LogP contribution in [0.25, 0.3) is 0 Å². The van der Waals surface area contributed by atoms with Crippen LogP contribution in [0.1, 0.15) is 48.3 Å². The van der Waals surface area contributed by atoms with Crippen LogP contribution >= 0.6 is 0 Å². The summed E-state index contributed by atoms with van der Waals surface area (Å²) in [4.78, 5) is 29.3. The van der Waals surface area contributed by atoms with Crippen molar-refractivity contribution in [1.29, 1.82) is 0 Å². The molecule has 1 aliphatic heterocycles. The van der Waals surface area contributed by atoms with E-state index < -0.39 is 0 Å². The van der Waals surface area contributed by atoms with Crippen LogP contribution in [-0.2, 0) is 16.0 Å². The molecular formula is C28H27NO2. The summed E-state index contributed by atoms with van der Waals surface area (Å²) in [6, 6.07) is 28.3. The standard InChI is InChI=1S/C28H27NO2/c1-2-19-11-9-10-16-24(19)29-27(30)25-22(20-12-5-3-6-13-20)17-18-23(26(25)28(29)31)21-14-7-4-8-15-21/h3-16,22-23,25-26H,2,17-18H2,1H3/t22-,23-,25-,26+/m1/s1. The molecule has 2 amide bonds. The molecule has 1 heterocycles. The van der Waals surface area contributed by atoms with Gasteiger partial charge in [-0.2, -0.15) is 0 Å². The molecular weight excluding hydrogens is 382 g/mol. The second-order valence-electron chi connectivity index (χ2n) is 8.66. The Morgan fingerprint density at radius 3 is 1.61 bits per heavy atom. The van der Waals surface area contributed by atoms with Gasteiger partial charge < -0.3 is 0 Å². The summed E-state index contributed by atoms with van der Waals surface area (Å²) in [5.41, 5.74) is 4.12. The van der Waals surface area contributed by atoms with Gasteiger partial charge in [-0.15, -0.1) is 0 Å². The smallest absolute Gasteiger partial charge is 0.238 e. The second kappa shape index (κ2) is 8.14. The van der Waals surface area contributed by atoms with Gasteiger partial charge in [-0.25, -0.2) is 4.90 Å². The summed E-state index contributed by atoms with van der Waals surface area (Å²) in [6.45, 7) is 2.07. The van der Waals surface area contributed by atoms with Crippen molar-refractivity contribution in [2.24, 2.45) is 11.8 Å². The van der Waals surface area contributed by atoms with Gasteiger partial charge in [-0.05, 0) is 53.9 Å². The normalized spacial score (nSPS) is 25.5. The number of benzene rings is 3. The molecule has 1 aliphatic carbocycles. The van der Waals surface area contributed by atoms with Crippen molar-refractivity contribution in [3.63, 3.8) is 0 Å². The number of anilines is 1. The molecule has 0 aromatic heterocycles. The van der Waals surface area contributed by atoms with Crippen molar-refractivity contribution in [3.8, 4) is 0 Å². The largest absolute Gasteiger partial charge is 0.274 e. The summed E-state index contributed by atoms with van der Waals surface area (Å²) in [6.07, 6.45) is 2.60. The molecule has 3 aromatic carbocycles. The summed E-state index contributed by atoms with van der Waals surface area (Å²) >= 11 is 0. The molecule has 3 aromatic rings. The van der Waals surface area contributed by atoms with E-state index in [9.17, 15) is 9.59 Å². The molecule has 31 heavy (non-hydrogen) atoms. The predicted octanol–water partition coefficient (Wildman–Crippen LogP) is 5.72. The van der Waals surface area contributed by atoms with Crippen LogP contribution in [0.3, 0.4) is 0 Å². The first kappa shape index (κ1) is 19.7. The number of amides is 2. The van der Waals surface area contributed by atoms with Gasteiger partial charge in [0.05, 0.1) is 17.5 Å². The Morgan fingerprint density at radius 2 is 1.13 bits per heavy atom. The number of carbonyl (C=O) groups is 2. The maximum Gasteiger partial charge on any atom is 0.238 e. The summed E-state index contributed by atoms with van der Waals surface area (Å²) in [5.74, 6) is -0.573. The fraction of sp³-hybridized carbons (Fsp3) is 0.286. The minimum absolute atomic E-state index is 0.0367. The lowest BCUT2D eigenvalue weighted by Gasteiger charge is -2.37. The van der Waals surface area contributed by atoms with E-state index >= 15 is 0 Å². The summed E-state index contributed by atoms with van der Waals surface area (Å²) in [5, 5.41) is 0. The molecule has 1 saturated carbocycles. The van der Waals surface area contributed by atoms with Gasteiger partial charge in [-0.3, -0.25) is 9.59 Å². The number of imide groups is 1. The molecule has 0 N–H and O–H groups in total. The number of hydrogen-bond donors (Lipinski definition) is 0. The molecule has 0 bridgehead atoms. The topological polar surface area (TPSA) is 37.4 Å². The minimum atomic E-state index is -0.321. The van der Waals surface area contributed by atoms with Crippen molar-refractivity contribution in [3.05, 3.63) is 102 Å². The van der Waals surface area contributed by atoms with E-state index in [-0.39, 0.29) is 35.5 Å². The number of hydrogen-bond acceptors (Lipinski definition) is 2. The lowest BCUT2D eigenvalue weighted by molar-refractivity contribution is -0.122. The van der Waals surface area contributed by atoms with Crippen molar-refractivity contribution in [2.75, 3.05) is 4.90 Å². The molecule has 3 heteroatoms. The van der Waals surface area contributed by atoms with Crippen LogP contribution in [0.15, 0.2) is 84.9 Å². The van der Waals surface area contributed by atoms with Crippen LogP contribution in [-0.4, -0.2) is 11.8 Å². The van der Waals surface area contributed by atoms with Crippen LogP contribution < -0.4 is 4.90 Å². The Balaban J connectivity index is 1.62. The number of nitrogens with zero attached hydrogens (tertiary/aromatic N) is 1. The van der Waals surface area contributed by atoms with Gasteiger partial charge in [0.1, 0.15) is 0 Å². The Bertz CT molecular complexity index is 1030. The zero-order chi connectivity index (χ0) is 21.4. The molecule has 0 unspecified atom stereocenters. The zero-order valence-electron chi connectivity index (χ0n) is 17.8. The van der Waals surface area contributed by atoms with Crippen molar-refractivity contribution >= 4 is 17.5 Å². The Morgan fingerprint density at radius 1 is 0.677 bits per heavy atom. The second-order valence-corrected chi connectivity index (χ2v) is 8.66. The van der Waals surface area contributed by atoms with Gasteiger partial charge in [0.2, 0.25) is 11.8 Å². The molecule has 2 fully saturated rings. The summed E-state index contributed by atoms with van der Waals surface area (Å²) in [7, 11) is 0. The van der Waals surface area contributed by atoms with E-state index in [1.165, 1.54) is 4.90 Å². The Kier molecular flexibility index (Phi) is 5.19. The van der Waals surface area contributed by atoms with Crippen LogP contribution in [0.5, 0.6) is 0 Å². The lowest BCUT2D eigenvalue weighted by atomic mass is 9.64. The number of para-hydroxylation sites is 1. The molecule has 156 valence electrons. The first-order chi connectivity index (χ1) is 15.2. The van der Waals surface area contributed by atoms with E-state index in [2.05, 4.69) is 31.2 Å². The van der Waals surface area contributed by atoms with Gasteiger partial charge in [0.15, 0.2) is 0 Å². The highest BCUT2D eigenvalue weighted by atomic mass is 16.2. The quantitative estimate of drug-likeness (QED) is 0.517. The first-order valence-electron chi connectivity index (χ1n) is 11.3. The Hall–Kier alpha value is -3.20. The molecule has 4 atom stereocenters. The maximum atomic E-state index is 13.9. The predicted molar refractivity (Wildman–Crippen MR) is 123 cm³/mol. The van der Waals surface area contributed by atoms with E-state index in [1.807, 2.05) is 60.7 Å². The highest BCUT2D eigenvalue weighted by Gasteiger charge is 2.57. The van der Waals surface area contributed by atoms with Crippen LogP contribution in [0, 0.1) is 11.8 Å². The molecule has 0 spiro atoms. The van der Waals surface area contributed by atoms with Crippen molar-refractivity contribution in [1.82, 2.24) is 0 Å². The molecule has 0 radical (unpaired) electrons. The highest BCUT2D eigenvalue weighted by Crippen LogP contribution is 2.53. The first-order valence-corrected chi connectivity index (χ1v) is 11.3. The average Bonchev–Trinajstić information content (AvgIpc) is 3.10. The summed E-state index contributed by atoms with van der Waals surface area (Å²) < 4.78 is 0.